The Morgan fingerprint density at radius 2 is 1.71 bits per heavy atom. The molecule has 4 N–H and O–H groups in total. The molecule has 3 aromatic carbocycles. The lowest BCUT2D eigenvalue weighted by molar-refractivity contribution is -0.115. The van der Waals surface area contributed by atoms with Crippen molar-refractivity contribution in [2.45, 2.75) is 6.42 Å². The zero-order chi connectivity index (χ0) is 29.8. The van der Waals surface area contributed by atoms with E-state index in [-0.39, 0.29) is 12.3 Å². The number of anilines is 4. The minimum Gasteiger partial charge on any atom is -0.493 e. The Morgan fingerprint density at radius 3 is 2.40 bits per heavy atom. The molecule has 9 nitrogen and oxygen atoms in total. The third-order valence-corrected chi connectivity index (χ3v) is 8.65. The summed E-state index contributed by atoms with van der Waals surface area (Å²) >= 11 is 15.0. The van der Waals surface area contributed by atoms with Crippen molar-refractivity contribution in [3.05, 3.63) is 75.6 Å². The minimum absolute atomic E-state index is 0.123. The average molecular weight is 643 g/mol. The van der Waals surface area contributed by atoms with E-state index in [1.165, 1.54) is 22.7 Å². The van der Waals surface area contributed by atoms with Gasteiger partial charge in [-0.05, 0) is 29.8 Å². The molecule has 0 aliphatic heterocycles. The van der Waals surface area contributed by atoms with E-state index in [0.717, 1.165) is 21.1 Å². The number of nitrogens with zero attached hydrogens (tertiary/aromatic N) is 2. The summed E-state index contributed by atoms with van der Waals surface area (Å²) in [6.45, 7) is 0. The highest BCUT2D eigenvalue weighted by Gasteiger charge is 2.18. The summed E-state index contributed by atoms with van der Waals surface area (Å²) in [6.07, 6.45) is 0.123. The molecule has 42 heavy (non-hydrogen) atoms. The lowest BCUT2D eigenvalue weighted by Crippen LogP contribution is -2.14. The average Bonchev–Trinajstić information content (AvgIpc) is 3.60. The fourth-order valence-corrected chi connectivity index (χ4v) is 6.43. The number of thiazole rings is 2. The van der Waals surface area contributed by atoms with E-state index in [0.29, 0.717) is 55.2 Å². The standard InChI is InChI=1S/C29H25Cl2N5O4S2/c1-38-22-12-19(13-23(39-2)25(22)40-3)34-29-36-27(32)26(42-29)28-35-21(14-41-28)16-5-4-6-18(9-16)33-24(37)10-15-7-8-17(30)11-20(15)31/h4-9,11-14H,10,32H2,1-3H3,(H,33,37)(H,34,36). The highest BCUT2D eigenvalue weighted by Crippen LogP contribution is 2.43. The Morgan fingerprint density at radius 1 is 0.952 bits per heavy atom. The predicted octanol–water partition coefficient (Wildman–Crippen LogP) is 7.77. The summed E-state index contributed by atoms with van der Waals surface area (Å²) < 4.78 is 16.3. The van der Waals surface area contributed by atoms with Crippen LogP contribution in [0.15, 0.2) is 60.0 Å². The van der Waals surface area contributed by atoms with Gasteiger partial charge in [0.2, 0.25) is 11.7 Å². The number of nitrogens with two attached hydrogens (primary N) is 1. The molecule has 1 amide bonds. The van der Waals surface area contributed by atoms with Gasteiger partial charge in [0.1, 0.15) is 15.7 Å². The number of rotatable bonds is 10. The summed E-state index contributed by atoms with van der Waals surface area (Å²) in [5.41, 5.74) is 9.92. The van der Waals surface area contributed by atoms with Gasteiger partial charge in [-0.2, -0.15) is 0 Å². The van der Waals surface area contributed by atoms with E-state index in [9.17, 15) is 4.79 Å². The van der Waals surface area contributed by atoms with Crippen LogP contribution < -0.4 is 30.6 Å². The minimum atomic E-state index is -0.195. The van der Waals surface area contributed by atoms with Crippen molar-refractivity contribution in [1.29, 1.82) is 0 Å². The maximum absolute atomic E-state index is 12.7. The Kier molecular flexibility index (Phi) is 9.03. The van der Waals surface area contributed by atoms with Crippen LogP contribution in [0.2, 0.25) is 10.0 Å². The van der Waals surface area contributed by atoms with Gasteiger partial charge in [0, 0.05) is 44.5 Å². The Balaban J connectivity index is 1.31. The zero-order valence-electron chi connectivity index (χ0n) is 22.7. The Hall–Kier alpha value is -4.03. The maximum Gasteiger partial charge on any atom is 0.228 e. The molecule has 2 aromatic heterocycles. The molecule has 0 spiro atoms. The number of ether oxygens (including phenoxy) is 3. The Labute approximate surface area is 260 Å². The van der Waals surface area contributed by atoms with Crippen molar-refractivity contribution in [2.75, 3.05) is 37.7 Å². The first-order valence-electron chi connectivity index (χ1n) is 12.4. The second-order valence-electron chi connectivity index (χ2n) is 8.85. The van der Waals surface area contributed by atoms with Crippen molar-refractivity contribution in [3.8, 4) is 38.4 Å². The number of carbonyl (C=O) groups is 1. The summed E-state index contributed by atoms with van der Waals surface area (Å²) in [4.78, 5) is 22.7. The van der Waals surface area contributed by atoms with E-state index >= 15 is 0 Å². The summed E-state index contributed by atoms with van der Waals surface area (Å²) in [7, 11) is 4.67. The smallest absolute Gasteiger partial charge is 0.228 e. The number of benzene rings is 3. The number of aromatic nitrogens is 2. The fourth-order valence-electron chi connectivity index (χ4n) is 4.13. The number of carbonyl (C=O) groups excluding carboxylic acids is 1. The monoisotopic (exact) mass is 641 g/mol. The number of halogens is 2. The molecule has 0 bridgehead atoms. The summed E-state index contributed by atoms with van der Waals surface area (Å²) in [6, 6.07) is 16.1. The quantitative estimate of drug-likeness (QED) is 0.141. The normalized spacial score (nSPS) is 10.8. The molecule has 0 radical (unpaired) electrons. The van der Waals surface area contributed by atoms with Crippen LogP contribution in [-0.4, -0.2) is 37.2 Å². The van der Waals surface area contributed by atoms with Crippen LogP contribution in [0.1, 0.15) is 5.56 Å². The molecule has 0 saturated heterocycles. The number of hydrogen-bond acceptors (Lipinski definition) is 10. The van der Waals surface area contributed by atoms with Gasteiger partial charge in [-0.1, -0.05) is 52.7 Å². The van der Waals surface area contributed by atoms with E-state index in [1.807, 2.05) is 29.6 Å². The second-order valence-corrected chi connectivity index (χ2v) is 11.6. The number of nitrogen functional groups attached to an aromatic ring is 1. The van der Waals surface area contributed by atoms with Gasteiger partial charge in [0.05, 0.1) is 33.4 Å². The Bertz CT molecular complexity index is 1730. The predicted molar refractivity (Wildman–Crippen MR) is 171 cm³/mol. The van der Waals surface area contributed by atoms with E-state index in [1.54, 1.807) is 51.7 Å². The van der Waals surface area contributed by atoms with Crippen molar-refractivity contribution in [1.82, 2.24) is 9.97 Å². The molecule has 5 aromatic rings. The lowest BCUT2D eigenvalue weighted by Gasteiger charge is -2.14. The van der Waals surface area contributed by atoms with Crippen molar-refractivity contribution >= 4 is 74.1 Å². The third-order valence-electron chi connectivity index (χ3n) is 6.08. The largest absolute Gasteiger partial charge is 0.493 e. The summed E-state index contributed by atoms with van der Waals surface area (Å²) in [5, 5.41) is 10.4. The first kappa shape index (κ1) is 29.5. The van der Waals surface area contributed by atoms with E-state index < -0.39 is 0 Å². The van der Waals surface area contributed by atoms with Crippen LogP contribution in [-0.2, 0) is 11.2 Å². The van der Waals surface area contributed by atoms with Gasteiger partial charge in [0.15, 0.2) is 16.6 Å². The molecular weight excluding hydrogens is 617 g/mol. The molecule has 5 rings (SSSR count). The van der Waals surface area contributed by atoms with Crippen LogP contribution >= 0.6 is 45.9 Å². The number of nitrogens with one attached hydrogen (secondary N) is 2. The first-order valence-corrected chi connectivity index (χ1v) is 14.9. The van der Waals surface area contributed by atoms with Crippen LogP contribution in [0, 0.1) is 0 Å². The molecule has 0 unspecified atom stereocenters. The van der Waals surface area contributed by atoms with Crippen molar-refractivity contribution in [3.63, 3.8) is 0 Å². The van der Waals surface area contributed by atoms with Gasteiger partial charge in [-0.3, -0.25) is 4.79 Å². The third kappa shape index (κ3) is 6.55. The highest BCUT2D eigenvalue weighted by atomic mass is 35.5. The van der Waals surface area contributed by atoms with Crippen LogP contribution in [0.3, 0.4) is 0 Å². The molecule has 0 fully saturated rings. The molecule has 13 heteroatoms. The van der Waals surface area contributed by atoms with Crippen molar-refractivity contribution in [2.24, 2.45) is 0 Å². The van der Waals surface area contributed by atoms with Crippen LogP contribution in [0.4, 0.5) is 22.3 Å². The van der Waals surface area contributed by atoms with Crippen molar-refractivity contribution < 1.29 is 19.0 Å². The summed E-state index contributed by atoms with van der Waals surface area (Å²) in [5.74, 6) is 1.69. The molecule has 0 aliphatic rings. The number of amides is 1. The maximum atomic E-state index is 12.7. The first-order chi connectivity index (χ1) is 20.3. The lowest BCUT2D eigenvalue weighted by atomic mass is 10.1. The van der Waals surface area contributed by atoms with Crippen LogP contribution in [0.5, 0.6) is 17.2 Å². The van der Waals surface area contributed by atoms with Gasteiger partial charge < -0.3 is 30.6 Å². The topological polar surface area (TPSA) is 121 Å². The van der Waals surface area contributed by atoms with Gasteiger partial charge in [-0.15, -0.1) is 11.3 Å². The van der Waals surface area contributed by atoms with Gasteiger partial charge >= 0.3 is 0 Å². The molecule has 0 saturated carbocycles. The number of methoxy groups -OCH3 is 3. The fraction of sp³-hybridized carbons (Fsp3) is 0.138. The second kappa shape index (κ2) is 12.9. The molecule has 0 aliphatic carbocycles. The van der Waals surface area contributed by atoms with Crippen LogP contribution in [0.25, 0.3) is 21.1 Å². The highest BCUT2D eigenvalue weighted by molar-refractivity contribution is 7.23. The van der Waals surface area contributed by atoms with E-state index in [2.05, 4.69) is 15.6 Å². The SMILES string of the molecule is COc1cc(Nc2nc(N)c(-c3nc(-c4cccc(NC(=O)Cc5ccc(Cl)cc5Cl)c4)cs3)s2)cc(OC)c1OC. The zero-order valence-corrected chi connectivity index (χ0v) is 25.8. The van der Waals surface area contributed by atoms with Gasteiger partial charge in [0.25, 0.3) is 0 Å². The van der Waals surface area contributed by atoms with Gasteiger partial charge in [-0.25, -0.2) is 9.97 Å². The molecule has 0 atom stereocenters. The molecule has 2 heterocycles. The molecule has 216 valence electrons. The molecular formula is C29H25Cl2N5O4S2. The van der Waals surface area contributed by atoms with E-state index in [4.69, 9.17) is 48.1 Å². The number of hydrogen-bond donors (Lipinski definition) is 3.